The van der Waals surface area contributed by atoms with Crippen LogP contribution >= 0.6 is 11.6 Å². The molecule has 2 rings (SSSR count). The second kappa shape index (κ2) is 13.4. The molecular formula is C26H41ClN4O6. The van der Waals surface area contributed by atoms with E-state index in [1.807, 2.05) is 13.8 Å². The van der Waals surface area contributed by atoms with Gasteiger partial charge in [-0.25, -0.2) is 10.3 Å². The number of benzene rings is 1. The number of carbonyl (C=O) groups is 3. The summed E-state index contributed by atoms with van der Waals surface area (Å²) in [6.45, 7) is 11.8. The summed E-state index contributed by atoms with van der Waals surface area (Å²) in [6, 6.07) is 5.86. The third-order valence-corrected chi connectivity index (χ3v) is 6.55. The summed E-state index contributed by atoms with van der Waals surface area (Å²) in [5.41, 5.74) is 1.63. The molecule has 0 radical (unpaired) electrons. The van der Waals surface area contributed by atoms with Gasteiger partial charge in [0, 0.05) is 37.1 Å². The Hall–Kier alpha value is -2.40. The summed E-state index contributed by atoms with van der Waals surface area (Å²) in [5, 5.41) is 24.5. The van der Waals surface area contributed by atoms with Crippen molar-refractivity contribution < 1.29 is 29.4 Å². The lowest BCUT2D eigenvalue weighted by atomic mass is 9.81. The van der Waals surface area contributed by atoms with Crippen LogP contribution in [0.1, 0.15) is 59.4 Å². The van der Waals surface area contributed by atoms with Crippen molar-refractivity contribution >= 4 is 29.5 Å². The first-order chi connectivity index (χ1) is 17.3. The number of ether oxygens (including phenoxy) is 1. The van der Waals surface area contributed by atoms with E-state index in [0.717, 1.165) is 0 Å². The van der Waals surface area contributed by atoms with Crippen molar-refractivity contribution in [2.75, 3.05) is 26.2 Å². The zero-order valence-electron chi connectivity index (χ0n) is 22.5. The number of hydrogen-bond acceptors (Lipinski definition) is 7. The van der Waals surface area contributed by atoms with Gasteiger partial charge in [-0.15, -0.1) is 0 Å². The van der Waals surface area contributed by atoms with E-state index in [1.54, 1.807) is 62.3 Å². The SMILES string of the molecule is CC[C@H](C(=O)NO)[C@@H](c1ccc(Cl)cc1)C(O)N1CCN(C(=O)OC(C)(C)C)C[C@H]1C(=O)NCC(C)C. The molecule has 3 amide bonds. The molecule has 1 unspecified atom stereocenters. The van der Waals surface area contributed by atoms with Crippen LogP contribution in [-0.2, 0) is 14.3 Å². The summed E-state index contributed by atoms with van der Waals surface area (Å²) in [4.78, 5) is 41.8. The Morgan fingerprint density at radius 1 is 1.16 bits per heavy atom. The van der Waals surface area contributed by atoms with Gasteiger partial charge in [-0.1, -0.05) is 44.5 Å². The number of halogens is 1. The highest BCUT2D eigenvalue weighted by Gasteiger charge is 2.44. The summed E-state index contributed by atoms with van der Waals surface area (Å²) in [7, 11) is 0. The van der Waals surface area contributed by atoms with Gasteiger partial charge in [0.1, 0.15) is 17.9 Å². The number of nitrogens with zero attached hydrogens (tertiary/aromatic N) is 2. The molecule has 1 fully saturated rings. The highest BCUT2D eigenvalue weighted by Crippen LogP contribution is 2.35. The summed E-state index contributed by atoms with van der Waals surface area (Å²) >= 11 is 6.07. The highest BCUT2D eigenvalue weighted by molar-refractivity contribution is 6.30. The van der Waals surface area contributed by atoms with Gasteiger partial charge in [0.25, 0.3) is 0 Å². The van der Waals surface area contributed by atoms with Crippen LogP contribution in [0.5, 0.6) is 0 Å². The molecule has 4 N–H and O–H groups in total. The molecule has 0 aromatic heterocycles. The number of aliphatic hydroxyl groups is 1. The molecule has 1 aliphatic heterocycles. The van der Waals surface area contributed by atoms with Crippen molar-refractivity contribution in [3.05, 3.63) is 34.9 Å². The molecule has 11 heteroatoms. The molecule has 0 bridgehead atoms. The fraction of sp³-hybridized carbons (Fsp3) is 0.654. The molecule has 1 aliphatic rings. The summed E-state index contributed by atoms with van der Waals surface area (Å²) in [5.74, 6) is -2.37. The second-order valence-corrected chi connectivity index (χ2v) is 11.2. The standard InChI is InChI=1S/C26H41ClN4O6/c1-7-19(22(32)29-36)21(17-8-10-18(27)11-9-17)24(34)31-13-12-30(25(35)37-26(4,5)6)15-20(31)23(33)28-14-16(2)3/h8-11,16,19-21,24,34,36H,7,12-15H2,1-6H3,(H,28,33)(H,29,32)/t19-,20-,21+,24?/m0/s1. The third kappa shape index (κ3) is 8.56. The summed E-state index contributed by atoms with van der Waals surface area (Å²) < 4.78 is 5.51. The molecule has 4 atom stereocenters. The number of piperazine rings is 1. The number of nitrogens with one attached hydrogen (secondary N) is 2. The first-order valence-corrected chi connectivity index (χ1v) is 13.1. The molecule has 0 aliphatic carbocycles. The largest absolute Gasteiger partial charge is 0.444 e. The van der Waals surface area contributed by atoms with Crippen molar-refractivity contribution in [3.63, 3.8) is 0 Å². The minimum absolute atomic E-state index is 0.00618. The van der Waals surface area contributed by atoms with E-state index in [4.69, 9.17) is 16.3 Å². The number of hydroxylamine groups is 1. The third-order valence-electron chi connectivity index (χ3n) is 6.30. The Balaban J connectivity index is 2.44. The lowest BCUT2D eigenvalue weighted by Gasteiger charge is -2.45. The minimum Gasteiger partial charge on any atom is -0.444 e. The van der Waals surface area contributed by atoms with Crippen molar-refractivity contribution in [2.24, 2.45) is 11.8 Å². The van der Waals surface area contributed by atoms with E-state index in [-0.39, 0.29) is 31.5 Å². The van der Waals surface area contributed by atoms with Crippen molar-refractivity contribution in [3.8, 4) is 0 Å². The van der Waals surface area contributed by atoms with E-state index in [9.17, 15) is 24.7 Å². The van der Waals surface area contributed by atoms with Crippen molar-refractivity contribution in [2.45, 2.75) is 71.8 Å². The van der Waals surface area contributed by atoms with Crippen LogP contribution in [0.25, 0.3) is 0 Å². The molecule has 10 nitrogen and oxygen atoms in total. The zero-order valence-corrected chi connectivity index (χ0v) is 23.3. The van der Waals surface area contributed by atoms with E-state index in [2.05, 4.69) is 5.32 Å². The van der Waals surface area contributed by atoms with Crippen LogP contribution < -0.4 is 10.8 Å². The topological polar surface area (TPSA) is 131 Å². The predicted molar refractivity (Wildman–Crippen MR) is 140 cm³/mol. The van der Waals surface area contributed by atoms with Crippen LogP contribution in [0.4, 0.5) is 4.79 Å². The van der Waals surface area contributed by atoms with E-state index < -0.39 is 41.7 Å². The maximum atomic E-state index is 13.3. The molecule has 1 aromatic carbocycles. The molecule has 0 spiro atoms. The Morgan fingerprint density at radius 2 is 1.78 bits per heavy atom. The van der Waals surface area contributed by atoms with Gasteiger partial charge >= 0.3 is 6.09 Å². The number of hydrogen-bond donors (Lipinski definition) is 4. The average Bonchev–Trinajstić information content (AvgIpc) is 2.84. The maximum Gasteiger partial charge on any atom is 0.410 e. The van der Waals surface area contributed by atoms with Crippen LogP contribution in [0.2, 0.25) is 5.02 Å². The Morgan fingerprint density at radius 3 is 2.30 bits per heavy atom. The average molecular weight is 541 g/mol. The number of amides is 3. The van der Waals surface area contributed by atoms with Crippen LogP contribution in [-0.4, -0.2) is 82.1 Å². The first-order valence-electron chi connectivity index (χ1n) is 12.7. The second-order valence-electron chi connectivity index (χ2n) is 10.8. The first kappa shape index (κ1) is 30.8. The van der Waals surface area contributed by atoms with Crippen molar-refractivity contribution in [1.82, 2.24) is 20.6 Å². The van der Waals surface area contributed by atoms with Gasteiger partial charge in [0.05, 0.1) is 5.92 Å². The van der Waals surface area contributed by atoms with Crippen LogP contribution in [0.15, 0.2) is 24.3 Å². The number of aliphatic hydroxyl groups excluding tert-OH is 1. The van der Waals surface area contributed by atoms with Crippen LogP contribution in [0.3, 0.4) is 0 Å². The zero-order chi connectivity index (χ0) is 27.9. The van der Waals surface area contributed by atoms with Gasteiger partial charge in [-0.05, 0) is 50.8 Å². The molecule has 208 valence electrons. The van der Waals surface area contributed by atoms with E-state index in [1.165, 1.54) is 4.90 Å². The highest BCUT2D eigenvalue weighted by atomic mass is 35.5. The molecule has 37 heavy (non-hydrogen) atoms. The quantitative estimate of drug-likeness (QED) is 0.280. The van der Waals surface area contributed by atoms with Gasteiger partial charge < -0.3 is 20.1 Å². The normalized spacial score (nSPS) is 19.2. The van der Waals surface area contributed by atoms with E-state index >= 15 is 0 Å². The Labute approximate surface area is 224 Å². The molecule has 1 saturated heterocycles. The summed E-state index contributed by atoms with van der Waals surface area (Å²) in [6.07, 6.45) is -1.50. The van der Waals surface area contributed by atoms with Gasteiger partial charge in [0.15, 0.2) is 0 Å². The minimum atomic E-state index is -1.28. The Kier molecular flexibility index (Phi) is 11.2. The molecule has 0 saturated carbocycles. The predicted octanol–water partition coefficient (Wildman–Crippen LogP) is 2.97. The smallest absolute Gasteiger partial charge is 0.410 e. The number of rotatable bonds is 9. The lowest BCUT2D eigenvalue weighted by Crippen LogP contribution is -2.64. The van der Waals surface area contributed by atoms with Crippen LogP contribution in [0, 0.1) is 11.8 Å². The lowest BCUT2D eigenvalue weighted by molar-refractivity contribution is -0.144. The fourth-order valence-electron chi connectivity index (χ4n) is 4.45. The van der Waals surface area contributed by atoms with Crippen molar-refractivity contribution in [1.29, 1.82) is 0 Å². The Bertz CT molecular complexity index is 921. The molecule has 1 heterocycles. The van der Waals surface area contributed by atoms with Gasteiger partial charge in [0.2, 0.25) is 11.8 Å². The van der Waals surface area contributed by atoms with E-state index in [0.29, 0.717) is 23.6 Å². The molecule has 1 aromatic rings. The van der Waals surface area contributed by atoms with Gasteiger partial charge in [-0.2, -0.15) is 0 Å². The van der Waals surface area contributed by atoms with Gasteiger partial charge in [-0.3, -0.25) is 19.7 Å². The maximum absolute atomic E-state index is 13.3. The fourth-order valence-corrected chi connectivity index (χ4v) is 4.58. The molecular weight excluding hydrogens is 500 g/mol. The monoisotopic (exact) mass is 540 g/mol. The number of carbonyl (C=O) groups excluding carboxylic acids is 3.